The lowest BCUT2D eigenvalue weighted by molar-refractivity contribution is 0.462. The number of thiophene rings is 1. The molecule has 0 aliphatic heterocycles. The standard InChI is InChI=1S/C18H8F2N2OS/c19-16-12(9-21)13(10-22)18(23-11-5-2-1-3-6-11)15(17(16)20)14-7-4-8-24-14/h1-8H. The van der Waals surface area contributed by atoms with Crippen molar-refractivity contribution in [2.24, 2.45) is 0 Å². The van der Waals surface area contributed by atoms with Gasteiger partial charge in [0.15, 0.2) is 17.4 Å². The van der Waals surface area contributed by atoms with E-state index in [4.69, 9.17) is 10.00 Å². The summed E-state index contributed by atoms with van der Waals surface area (Å²) in [5.41, 5.74) is -1.16. The van der Waals surface area contributed by atoms with Crippen LogP contribution in [-0.4, -0.2) is 0 Å². The first kappa shape index (κ1) is 15.7. The zero-order valence-electron chi connectivity index (χ0n) is 12.1. The molecule has 0 aliphatic rings. The van der Waals surface area contributed by atoms with E-state index < -0.39 is 17.2 Å². The third-order valence-corrected chi connectivity index (χ3v) is 4.18. The fraction of sp³-hybridized carbons (Fsp3) is 0. The SMILES string of the molecule is N#Cc1c(F)c(F)c(-c2cccs2)c(Oc2ccccc2)c1C#N. The molecule has 0 saturated carbocycles. The van der Waals surface area contributed by atoms with Crippen molar-refractivity contribution in [1.82, 2.24) is 0 Å². The smallest absolute Gasteiger partial charge is 0.178 e. The minimum absolute atomic E-state index is 0.165. The quantitative estimate of drug-likeness (QED) is 0.657. The minimum atomic E-state index is -1.35. The summed E-state index contributed by atoms with van der Waals surface area (Å²) in [7, 11) is 0. The van der Waals surface area contributed by atoms with E-state index in [2.05, 4.69) is 0 Å². The third kappa shape index (κ3) is 2.60. The Balaban J connectivity index is 2.34. The summed E-state index contributed by atoms with van der Waals surface area (Å²) in [5.74, 6) is -2.37. The monoisotopic (exact) mass is 338 g/mol. The fourth-order valence-electron chi connectivity index (χ4n) is 2.23. The Bertz CT molecular complexity index is 971. The highest BCUT2D eigenvalue weighted by Gasteiger charge is 2.27. The van der Waals surface area contributed by atoms with Gasteiger partial charge in [-0.05, 0) is 23.6 Å². The normalized spacial score (nSPS) is 10.0. The van der Waals surface area contributed by atoms with E-state index in [1.165, 1.54) is 11.3 Å². The van der Waals surface area contributed by atoms with Crippen molar-refractivity contribution in [3.05, 3.63) is 70.6 Å². The molecular formula is C18H8F2N2OS. The molecule has 0 bridgehead atoms. The Labute approximate surface area is 140 Å². The fourth-order valence-corrected chi connectivity index (χ4v) is 2.99. The topological polar surface area (TPSA) is 56.8 Å². The van der Waals surface area contributed by atoms with Crippen LogP contribution < -0.4 is 4.74 Å². The zero-order valence-corrected chi connectivity index (χ0v) is 12.9. The van der Waals surface area contributed by atoms with Crippen LogP contribution in [0.5, 0.6) is 11.5 Å². The average Bonchev–Trinajstić information content (AvgIpc) is 3.13. The molecule has 6 heteroatoms. The predicted octanol–water partition coefficient (Wildman–Crippen LogP) is 5.23. The second-order valence-electron chi connectivity index (χ2n) is 4.70. The van der Waals surface area contributed by atoms with Crippen molar-refractivity contribution in [2.75, 3.05) is 0 Å². The summed E-state index contributed by atoms with van der Waals surface area (Å²) in [5, 5.41) is 20.2. The number of benzene rings is 2. The average molecular weight is 338 g/mol. The Morgan fingerprint density at radius 2 is 1.58 bits per heavy atom. The maximum Gasteiger partial charge on any atom is 0.178 e. The van der Waals surface area contributed by atoms with Crippen LogP contribution in [0.25, 0.3) is 10.4 Å². The first-order valence-electron chi connectivity index (χ1n) is 6.79. The molecule has 0 radical (unpaired) electrons. The van der Waals surface area contributed by atoms with Crippen molar-refractivity contribution >= 4 is 11.3 Å². The number of nitrogens with zero attached hydrogens (tertiary/aromatic N) is 2. The van der Waals surface area contributed by atoms with Gasteiger partial charge in [-0.1, -0.05) is 24.3 Å². The molecule has 0 aliphatic carbocycles. The Kier molecular flexibility index (Phi) is 4.24. The summed E-state index contributed by atoms with van der Waals surface area (Å²) in [6, 6.07) is 15.0. The van der Waals surface area contributed by atoms with E-state index in [1.807, 2.05) is 0 Å². The Hall–Kier alpha value is -3.22. The van der Waals surface area contributed by atoms with Gasteiger partial charge in [-0.25, -0.2) is 8.78 Å². The first-order chi connectivity index (χ1) is 11.7. The van der Waals surface area contributed by atoms with Crippen molar-refractivity contribution in [2.45, 2.75) is 0 Å². The molecule has 3 rings (SSSR count). The predicted molar refractivity (Wildman–Crippen MR) is 85.6 cm³/mol. The van der Waals surface area contributed by atoms with E-state index >= 15 is 0 Å². The number of ether oxygens (including phenoxy) is 1. The lowest BCUT2D eigenvalue weighted by Crippen LogP contribution is -2.02. The minimum Gasteiger partial charge on any atom is -0.455 e. The molecule has 3 nitrogen and oxygen atoms in total. The van der Waals surface area contributed by atoms with Crippen LogP contribution in [0.4, 0.5) is 8.78 Å². The lowest BCUT2D eigenvalue weighted by Gasteiger charge is -2.14. The van der Waals surface area contributed by atoms with Crippen LogP contribution in [0.1, 0.15) is 11.1 Å². The van der Waals surface area contributed by atoms with Gasteiger partial charge in [0.25, 0.3) is 0 Å². The summed E-state index contributed by atoms with van der Waals surface area (Å²) >= 11 is 1.18. The largest absolute Gasteiger partial charge is 0.455 e. The molecule has 116 valence electrons. The van der Waals surface area contributed by atoms with Crippen LogP contribution in [0, 0.1) is 34.3 Å². The van der Waals surface area contributed by atoms with E-state index in [0.29, 0.717) is 10.6 Å². The summed E-state index contributed by atoms with van der Waals surface area (Å²) in [6.45, 7) is 0. The third-order valence-electron chi connectivity index (χ3n) is 3.29. The van der Waals surface area contributed by atoms with Gasteiger partial charge < -0.3 is 4.74 Å². The highest BCUT2D eigenvalue weighted by molar-refractivity contribution is 7.13. The number of hydrogen-bond donors (Lipinski definition) is 0. The molecule has 3 aromatic rings. The van der Waals surface area contributed by atoms with Crippen LogP contribution in [0.3, 0.4) is 0 Å². The molecule has 2 aromatic carbocycles. The van der Waals surface area contributed by atoms with Crippen LogP contribution in [0.15, 0.2) is 47.8 Å². The molecule has 0 saturated heterocycles. The van der Waals surface area contributed by atoms with Gasteiger partial charge in [0.05, 0.1) is 5.56 Å². The first-order valence-corrected chi connectivity index (χ1v) is 7.67. The summed E-state index contributed by atoms with van der Waals surface area (Å²) in [4.78, 5) is 0.401. The molecule has 0 fully saturated rings. The van der Waals surface area contributed by atoms with Gasteiger partial charge in [-0.15, -0.1) is 11.3 Å². The van der Waals surface area contributed by atoms with Crippen molar-refractivity contribution < 1.29 is 13.5 Å². The van der Waals surface area contributed by atoms with E-state index in [0.717, 1.165) is 0 Å². The molecule has 0 amide bonds. The number of hydrogen-bond acceptors (Lipinski definition) is 4. The highest BCUT2D eigenvalue weighted by atomic mass is 32.1. The molecule has 0 atom stereocenters. The van der Waals surface area contributed by atoms with Crippen molar-refractivity contribution in [3.8, 4) is 34.1 Å². The van der Waals surface area contributed by atoms with Crippen molar-refractivity contribution in [3.63, 3.8) is 0 Å². The Morgan fingerprint density at radius 1 is 0.875 bits per heavy atom. The molecule has 0 N–H and O–H groups in total. The summed E-state index contributed by atoms with van der Waals surface area (Å²) in [6.07, 6.45) is 0. The van der Waals surface area contributed by atoms with Gasteiger partial charge in [-0.3, -0.25) is 0 Å². The molecule has 0 unspecified atom stereocenters. The number of nitriles is 2. The van der Waals surface area contributed by atoms with Gasteiger partial charge in [0, 0.05) is 4.88 Å². The maximum absolute atomic E-state index is 14.6. The van der Waals surface area contributed by atoms with Crippen LogP contribution in [-0.2, 0) is 0 Å². The van der Waals surface area contributed by atoms with Gasteiger partial charge >= 0.3 is 0 Å². The number of para-hydroxylation sites is 1. The zero-order chi connectivity index (χ0) is 17.1. The second-order valence-corrected chi connectivity index (χ2v) is 5.65. The Morgan fingerprint density at radius 3 is 2.17 bits per heavy atom. The van der Waals surface area contributed by atoms with Gasteiger partial charge in [0.1, 0.15) is 29.0 Å². The number of halogens is 2. The van der Waals surface area contributed by atoms with Gasteiger partial charge in [0.2, 0.25) is 0 Å². The van der Waals surface area contributed by atoms with Crippen LogP contribution in [0.2, 0.25) is 0 Å². The highest BCUT2D eigenvalue weighted by Crippen LogP contribution is 2.42. The van der Waals surface area contributed by atoms with E-state index in [-0.39, 0.29) is 16.9 Å². The molecule has 24 heavy (non-hydrogen) atoms. The van der Waals surface area contributed by atoms with Crippen LogP contribution >= 0.6 is 11.3 Å². The second kappa shape index (κ2) is 6.49. The lowest BCUT2D eigenvalue weighted by atomic mass is 10.0. The molecule has 1 heterocycles. The molecule has 0 spiro atoms. The van der Waals surface area contributed by atoms with E-state index in [9.17, 15) is 14.0 Å². The number of rotatable bonds is 3. The maximum atomic E-state index is 14.6. The molecular weight excluding hydrogens is 330 g/mol. The summed E-state index contributed by atoms with van der Waals surface area (Å²) < 4.78 is 34.5. The van der Waals surface area contributed by atoms with E-state index in [1.54, 1.807) is 60.0 Å². The van der Waals surface area contributed by atoms with Gasteiger partial charge in [-0.2, -0.15) is 10.5 Å². The van der Waals surface area contributed by atoms with Crippen molar-refractivity contribution in [1.29, 1.82) is 10.5 Å². The molecule has 1 aromatic heterocycles.